The molecule has 5 nitrogen and oxygen atoms in total. The molecule has 2 aromatic rings. The van der Waals surface area contributed by atoms with Gasteiger partial charge in [0.15, 0.2) is 5.11 Å². The normalized spacial score (nSPS) is 11.9. The van der Waals surface area contributed by atoms with Crippen molar-refractivity contribution in [1.82, 2.24) is 21.2 Å². The molecule has 0 unspecified atom stereocenters. The Kier molecular flexibility index (Phi) is 7.73. The molecule has 0 spiro atoms. The van der Waals surface area contributed by atoms with E-state index in [1.54, 1.807) is 0 Å². The highest BCUT2D eigenvalue weighted by atomic mass is 32.1. The fourth-order valence-electron chi connectivity index (χ4n) is 2.78. The van der Waals surface area contributed by atoms with E-state index in [9.17, 15) is 4.79 Å². The fraction of sp³-hybridized carbons (Fsp3) is 0.474. The van der Waals surface area contributed by atoms with E-state index in [1.165, 1.54) is 25.7 Å². The summed E-state index contributed by atoms with van der Waals surface area (Å²) in [4.78, 5) is 15.3. The zero-order valence-electron chi connectivity index (χ0n) is 15.0. The van der Waals surface area contributed by atoms with E-state index in [0.717, 1.165) is 23.0 Å². The highest BCUT2D eigenvalue weighted by molar-refractivity contribution is 7.80. The first-order valence-electron chi connectivity index (χ1n) is 8.97. The molecule has 0 fully saturated rings. The van der Waals surface area contributed by atoms with Crippen LogP contribution in [0.15, 0.2) is 30.5 Å². The van der Waals surface area contributed by atoms with Crippen molar-refractivity contribution in [1.29, 1.82) is 0 Å². The van der Waals surface area contributed by atoms with E-state index >= 15 is 0 Å². The molecule has 136 valence electrons. The molecule has 2 rings (SSSR count). The Balaban J connectivity index is 1.68. The maximum absolute atomic E-state index is 12.1. The second-order valence-electron chi connectivity index (χ2n) is 6.52. The molecule has 0 radical (unpaired) electrons. The summed E-state index contributed by atoms with van der Waals surface area (Å²) in [5.41, 5.74) is 7.44. The third-order valence-corrected chi connectivity index (χ3v) is 4.50. The van der Waals surface area contributed by atoms with Crippen LogP contribution in [0, 0.1) is 5.92 Å². The quantitative estimate of drug-likeness (QED) is 0.331. The van der Waals surface area contributed by atoms with Gasteiger partial charge in [-0.3, -0.25) is 15.6 Å². The number of carbonyl (C=O) groups is 1. The molecule has 0 aliphatic heterocycles. The molecule has 0 aliphatic carbocycles. The van der Waals surface area contributed by atoms with Crippen molar-refractivity contribution in [2.75, 3.05) is 6.54 Å². The number of benzene rings is 1. The van der Waals surface area contributed by atoms with Crippen molar-refractivity contribution in [3.05, 3.63) is 36.0 Å². The molecule has 1 heterocycles. The minimum atomic E-state index is -0.120. The Morgan fingerprint density at radius 3 is 2.84 bits per heavy atom. The summed E-state index contributed by atoms with van der Waals surface area (Å²) in [6.45, 7) is 5.23. The topological polar surface area (TPSA) is 68.9 Å². The SMILES string of the molecule is CCCCC[C@H](C)CNC(=S)NNC(=O)Cc1c[nH]c2ccccc12. The Morgan fingerprint density at radius 1 is 1.24 bits per heavy atom. The fourth-order valence-corrected chi connectivity index (χ4v) is 2.91. The number of hydrogen-bond donors (Lipinski definition) is 4. The van der Waals surface area contributed by atoms with E-state index < -0.39 is 0 Å². The number of aromatic amines is 1. The first-order valence-corrected chi connectivity index (χ1v) is 9.38. The van der Waals surface area contributed by atoms with Crippen LogP contribution in [-0.2, 0) is 11.2 Å². The van der Waals surface area contributed by atoms with Crippen LogP contribution in [-0.4, -0.2) is 22.5 Å². The molecule has 0 saturated carbocycles. The van der Waals surface area contributed by atoms with E-state index in [-0.39, 0.29) is 5.91 Å². The molecular formula is C19H28N4OS. The minimum Gasteiger partial charge on any atom is -0.361 e. The van der Waals surface area contributed by atoms with Crippen LogP contribution in [0.25, 0.3) is 10.9 Å². The monoisotopic (exact) mass is 360 g/mol. The number of hydrazine groups is 1. The minimum absolute atomic E-state index is 0.120. The average molecular weight is 361 g/mol. The lowest BCUT2D eigenvalue weighted by Gasteiger charge is -2.15. The van der Waals surface area contributed by atoms with E-state index in [0.29, 0.717) is 17.5 Å². The predicted molar refractivity (Wildman–Crippen MR) is 107 cm³/mol. The third kappa shape index (κ3) is 6.38. The molecule has 1 aromatic heterocycles. The van der Waals surface area contributed by atoms with Crippen molar-refractivity contribution in [2.24, 2.45) is 5.92 Å². The van der Waals surface area contributed by atoms with Gasteiger partial charge in [0.2, 0.25) is 5.91 Å². The van der Waals surface area contributed by atoms with Crippen LogP contribution in [0.3, 0.4) is 0 Å². The van der Waals surface area contributed by atoms with Gasteiger partial charge in [0.05, 0.1) is 6.42 Å². The van der Waals surface area contributed by atoms with Crippen LogP contribution in [0.5, 0.6) is 0 Å². The van der Waals surface area contributed by atoms with Gasteiger partial charge in [-0.15, -0.1) is 0 Å². The average Bonchev–Trinajstić information content (AvgIpc) is 3.01. The van der Waals surface area contributed by atoms with E-state index in [4.69, 9.17) is 12.2 Å². The Hall–Kier alpha value is -2.08. The zero-order chi connectivity index (χ0) is 18.1. The van der Waals surface area contributed by atoms with Gasteiger partial charge in [-0.1, -0.05) is 51.3 Å². The van der Waals surface area contributed by atoms with Crippen molar-refractivity contribution in [2.45, 2.75) is 46.0 Å². The number of H-pyrrole nitrogens is 1. The van der Waals surface area contributed by atoms with Crippen LogP contribution >= 0.6 is 12.2 Å². The van der Waals surface area contributed by atoms with E-state index in [1.807, 2.05) is 30.5 Å². The van der Waals surface area contributed by atoms with Crippen molar-refractivity contribution in [3.63, 3.8) is 0 Å². The van der Waals surface area contributed by atoms with Crippen LogP contribution in [0.4, 0.5) is 0 Å². The number of hydrogen-bond acceptors (Lipinski definition) is 2. The third-order valence-electron chi connectivity index (χ3n) is 4.25. The molecule has 25 heavy (non-hydrogen) atoms. The van der Waals surface area contributed by atoms with Gasteiger partial charge in [-0.25, -0.2) is 0 Å². The van der Waals surface area contributed by atoms with Gasteiger partial charge in [0.25, 0.3) is 0 Å². The van der Waals surface area contributed by atoms with Crippen molar-refractivity contribution in [3.8, 4) is 0 Å². The molecule has 0 aliphatic rings. The van der Waals surface area contributed by atoms with Crippen LogP contribution in [0.1, 0.15) is 45.1 Å². The number of amides is 1. The summed E-state index contributed by atoms with van der Waals surface area (Å²) < 4.78 is 0. The molecule has 1 atom stereocenters. The lowest BCUT2D eigenvalue weighted by atomic mass is 10.0. The van der Waals surface area contributed by atoms with Gasteiger partial charge in [-0.05, 0) is 36.2 Å². The lowest BCUT2D eigenvalue weighted by Crippen LogP contribution is -2.48. The Bertz CT molecular complexity index is 698. The van der Waals surface area contributed by atoms with Crippen LogP contribution in [0.2, 0.25) is 0 Å². The molecule has 4 N–H and O–H groups in total. The standard InChI is InChI=1S/C19H28N4OS/c1-3-4-5-8-14(2)12-21-19(25)23-22-18(24)11-15-13-20-17-10-7-6-9-16(15)17/h6-7,9-10,13-14,20H,3-5,8,11-12H2,1-2H3,(H,22,24)(H2,21,23,25)/t14-/m0/s1. The second-order valence-corrected chi connectivity index (χ2v) is 6.93. The molecule has 1 aromatic carbocycles. The summed E-state index contributed by atoms with van der Waals surface area (Å²) in [5, 5.41) is 4.67. The van der Waals surface area contributed by atoms with Crippen molar-refractivity contribution >= 4 is 34.1 Å². The van der Waals surface area contributed by atoms with Gasteiger partial charge >= 0.3 is 0 Å². The van der Waals surface area contributed by atoms with Gasteiger partial charge < -0.3 is 10.3 Å². The smallest absolute Gasteiger partial charge is 0.242 e. The Labute approximate surface area is 154 Å². The summed E-state index contributed by atoms with van der Waals surface area (Å²) in [7, 11) is 0. The number of para-hydroxylation sites is 1. The molecule has 0 bridgehead atoms. The highest BCUT2D eigenvalue weighted by Crippen LogP contribution is 2.17. The molecular weight excluding hydrogens is 332 g/mol. The molecule has 1 amide bonds. The summed E-state index contributed by atoms with van der Waals surface area (Å²) in [6.07, 6.45) is 7.13. The van der Waals surface area contributed by atoms with Gasteiger partial charge in [0.1, 0.15) is 0 Å². The number of unbranched alkanes of at least 4 members (excludes halogenated alkanes) is 2. The summed E-state index contributed by atoms with van der Waals surface area (Å²) in [6, 6.07) is 7.94. The number of aromatic nitrogens is 1. The Morgan fingerprint density at radius 2 is 2.04 bits per heavy atom. The van der Waals surface area contributed by atoms with Gasteiger partial charge in [-0.2, -0.15) is 0 Å². The maximum Gasteiger partial charge on any atom is 0.242 e. The first-order chi connectivity index (χ1) is 12.1. The maximum atomic E-state index is 12.1. The highest BCUT2D eigenvalue weighted by Gasteiger charge is 2.09. The number of nitrogens with one attached hydrogen (secondary N) is 4. The predicted octanol–water partition coefficient (Wildman–Crippen LogP) is 3.42. The molecule has 0 saturated heterocycles. The number of carbonyl (C=O) groups excluding carboxylic acids is 1. The summed E-state index contributed by atoms with van der Waals surface area (Å²) in [5.74, 6) is 0.443. The summed E-state index contributed by atoms with van der Waals surface area (Å²) >= 11 is 5.21. The first kappa shape index (κ1) is 19.2. The lowest BCUT2D eigenvalue weighted by molar-refractivity contribution is -0.120. The van der Waals surface area contributed by atoms with Crippen LogP contribution < -0.4 is 16.2 Å². The van der Waals surface area contributed by atoms with Crippen molar-refractivity contribution < 1.29 is 4.79 Å². The zero-order valence-corrected chi connectivity index (χ0v) is 15.8. The number of rotatable bonds is 8. The number of thiocarbonyl (C=S) groups is 1. The second kappa shape index (κ2) is 10.0. The largest absolute Gasteiger partial charge is 0.361 e. The number of fused-ring (bicyclic) bond motifs is 1. The van der Waals surface area contributed by atoms with E-state index in [2.05, 4.69) is 35.0 Å². The molecule has 6 heteroatoms. The van der Waals surface area contributed by atoms with Gasteiger partial charge in [0, 0.05) is 23.6 Å².